The predicted molar refractivity (Wildman–Crippen MR) is 91.5 cm³/mol. The largest absolute Gasteiger partial charge is 0.349 e. The molecule has 0 saturated carbocycles. The highest BCUT2D eigenvalue weighted by atomic mass is 16.1. The molecule has 0 atom stereocenters. The maximum atomic E-state index is 12.2. The van der Waals surface area contributed by atoms with Gasteiger partial charge in [0.25, 0.3) is 5.91 Å². The number of likely N-dealkylation sites (N-methyl/N-ethyl adjacent to an activating group) is 1. The molecule has 3 rings (SSSR count). The monoisotopic (exact) mass is 328 g/mol. The zero-order chi connectivity index (χ0) is 16.9. The van der Waals surface area contributed by atoms with Crippen LogP contribution in [0.3, 0.4) is 0 Å². The molecule has 7 nitrogen and oxygen atoms in total. The highest BCUT2D eigenvalue weighted by Gasteiger charge is 2.21. The lowest BCUT2D eigenvalue weighted by Gasteiger charge is -2.27. The first-order valence-electron chi connectivity index (χ1n) is 8.24. The summed E-state index contributed by atoms with van der Waals surface area (Å²) in [7, 11) is 3.97. The lowest BCUT2D eigenvalue weighted by atomic mass is 10.2. The van der Waals surface area contributed by atoms with Crippen molar-refractivity contribution in [1.29, 1.82) is 0 Å². The van der Waals surface area contributed by atoms with E-state index < -0.39 is 0 Å². The van der Waals surface area contributed by atoms with Crippen LogP contribution in [-0.4, -0.2) is 64.2 Å². The molecule has 0 aliphatic carbocycles. The topological polar surface area (TPSA) is 66.3 Å². The van der Waals surface area contributed by atoms with Gasteiger partial charge in [-0.15, -0.1) is 0 Å². The molecule has 0 saturated heterocycles. The number of aromatic nitrogens is 3. The molecular formula is C17H24N6O. The van der Waals surface area contributed by atoms with Crippen LogP contribution in [0.2, 0.25) is 0 Å². The van der Waals surface area contributed by atoms with Crippen molar-refractivity contribution < 1.29 is 4.79 Å². The second-order valence-electron chi connectivity index (χ2n) is 6.33. The molecule has 0 unspecified atom stereocenters. The van der Waals surface area contributed by atoms with E-state index >= 15 is 0 Å². The third kappa shape index (κ3) is 4.18. The Bertz CT molecular complexity index is 682. The van der Waals surface area contributed by atoms with E-state index in [0.29, 0.717) is 12.2 Å². The number of rotatable bonds is 6. The van der Waals surface area contributed by atoms with E-state index in [0.717, 1.165) is 44.1 Å². The van der Waals surface area contributed by atoms with Gasteiger partial charge in [0.2, 0.25) is 0 Å². The fourth-order valence-electron chi connectivity index (χ4n) is 2.77. The molecule has 3 heterocycles. The Morgan fingerprint density at radius 1 is 1.33 bits per heavy atom. The summed E-state index contributed by atoms with van der Waals surface area (Å²) in [6, 6.07) is 7.87. The van der Waals surface area contributed by atoms with Gasteiger partial charge in [-0.05, 0) is 32.3 Å². The van der Waals surface area contributed by atoms with Crippen molar-refractivity contribution >= 4 is 5.91 Å². The van der Waals surface area contributed by atoms with Crippen LogP contribution in [0.15, 0.2) is 30.5 Å². The summed E-state index contributed by atoms with van der Waals surface area (Å²) in [5.41, 5.74) is 2.64. The average Bonchev–Trinajstić information content (AvgIpc) is 2.99. The zero-order valence-electron chi connectivity index (χ0n) is 14.3. The van der Waals surface area contributed by atoms with Gasteiger partial charge in [0, 0.05) is 38.9 Å². The number of amides is 1. The summed E-state index contributed by atoms with van der Waals surface area (Å²) in [6.45, 7) is 4.75. The van der Waals surface area contributed by atoms with Gasteiger partial charge in [-0.2, -0.15) is 5.10 Å². The molecule has 128 valence electrons. The molecule has 0 spiro atoms. The molecule has 0 bridgehead atoms. The molecule has 0 aromatic carbocycles. The molecule has 24 heavy (non-hydrogen) atoms. The molecule has 1 aliphatic heterocycles. The molecule has 1 N–H and O–H groups in total. The fourth-order valence-corrected chi connectivity index (χ4v) is 2.77. The quantitative estimate of drug-likeness (QED) is 0.840. The van der Waals surface area contributed by atoms with E-state index in [1.54, 1.807) is 0 Å². The summed E-state index contributed by atoms with van der Waals surface area (Å²) >= 11 is 0. The van der Waals surface area contributed by atoms with Crippen LogP contribution in [0.4, 0.5) is 0 Å². The summed E-state index contributed by atoms with van der Waals surface area (Å²) in [6.07, 6.45) is 1.82. The van der Waals surface area contributed by atoms with Crippen LogP contribution >= 0.6 is 0 Å². The van der Waals surface area contributed by atoms with Crippen LogP contribution < -0.4 is 5.32 Å². The maximum Gasteiger partial charge on any atom is 0.271 e. The van der Waals surface area contributed by atoms with Crippen LogP contribution in [0.1, 0.15) is 21.9 Å². The van der Waals surface area contributed by atoms with E-state index in [4.69, 9.17) is 0 Å². The first kappa shape index (κ1) is 16.6. The molecular weight excluding hydrogens is 304 g/mol. The van der Waals surface area contributed by atoms with Gasteiger partial charge >= 0.3 is 0 Å². The van der Waals surface area contributed by atoms with Gasteiger partial charge in [-0.1, -0.05) is 6.07 Å². The second kappa shape index (κ2) is 7.55. The normalized spacial score (nSPS) is 14.6. The molecule has 0 radical (unpaired) electrons. The Kier molecular flexibility index (Phi) is 5.22. The van der Waals surface area contributed by atoms with Crippen molar-refractivity contribution in [1.82, 2.24) is 29.9 Å². The Morgan fingerprint density at radius 3 is 2.96 bits per heavy atom. The molecule has 2 aromatic heterocycles. The first-order chi connectivity index (χ1) is 11.6. The lowest BCUT2D eigenvalue weighted by Crippen LogP contribution is -2.33. The number of carbonyl (C=O) groups excluding carboxylic acids is 1. The minimum atomic E-state index is -0.102. The molecule has 7 heteroatoms. The summed E-state index contributed by atoms with van der Waals surface area (Å²) in [5, 5.41) is 7.35. The van der Waals surface area contributed by atoms with Gasteiger partial charge in [-0.25, -0.2) is 0 Å². The number of nitrogens with zero attached hydrogens (tertiary/aromatic N) is 5. The smallest absolute Gasteiger partial charge is 0.271 e. The number of pyridine rings is 1. The van der Waals surface area contributed by atoms with Crippen molar-refractivity contribution in [2.24, 2.45) is 0 Å². The summed E-state index contributed by atoms with van der Waals surface area (Å²) in [4.78, 5) is 20.9. The number of fused-ring (bicyclic) bond motifs is 1. The third-order valence-electron chi connectivity index (χ3n) is 4.07. The van der Waals surface area contributed by atoms with E-state index in [-0.39, 0.29) is 5.91 Å². The number of hydrogen-bond donors (Lipinski definition) is 1. The van der Waals surface area contributed by atoms with Gasteiger partial charge in [0.1, 0.15) is 5.69 Å². The van der Waals surface area contributed by atoms with Crippen molar-refractivity contribution in [3.8, 4) is 0 Å². The Morgan fingerprint density at radius 2 is 2.21 bits per heavy atom. The Hall–Kier alpha value is -2.25. The van der Waals surface area contributed by atoms with Crippen molar-refractivity contribution in [2.75, 3.05) is 33.7 Å². The summed E-state index contributed by atoms with van der Waals surface area (Å²) in [5.74, 6) is -0.102. The highest BCUT2D eigenvalue weighted by Crippen LogP contribution is 2.15. The minimum absolute atomic E-state index is 0.102. The van der Waals surface area contributed by atoms with Crippen molar-refractivity contribution in [3.63, 3.8) is 0 Å². The Labute approximate surface area is 142 Å². The fraction of sp³-hybridized carbons (Fsp3) is 0.471. The molecule has 0 fully saturated rings. The van der Waals surface area contributed by atoms with E-state index in [9.17, 15) is 4.79 Å². The van der Waals surface area contributed by atoms with Crippen LogP contribution in [0, 0.1) is 0 Å². The van der Waals surface area contributed by atoms with E-state index in [1.165, 1.54) is 0 Å². The van der Waals surface area contributed by atoms with Gasteiger partial charge in [0.15, 0.2) is 0 Å². The SMILES string of the molecule is CN(C)CCNC(=O)c1cc2n(n1)CCN(Cc1ccccn1)C2. The first-order valence-corrected chi connectivity index (χ1v) is 8.24. The highest BCUT2D eigenvalue weighted by molar-refractivity contribution is 5.92. The van der Waals surface area contributed by atoms with Crippen molar-refractivity contribution in [3.05, 3.63) is 47.5 Å². The minimum Gasteiger partial charge on any atom is -0.349 e. The van der Waals surface area contributed by atoms with E-state index in [1.807, 2.05) is 54.1 Å². The van der Waals surface area contributed by atoms with Crippen LogP contribution in [0.25, 0.3) is 0 Å². The number of hydrogen-bond acceptors (Lipinski definition) is 5. The number of nitrogens with one attached hydrogen (secondary N) is 1. The number of carbonyl (C=O) groups is 1. The molecule has 1 amide bonds. The lowest BCUT2D eigenvalue weighted by molar-refractivity contribution is 0.0945. The van der Waals surface area contributed by atoms with Gasteiger partial charge in [-0.3, -0.25) is 19.4 Å². The molecule has 1 aliphatic rings. The zero-order valence-corrected chi connectivity index (χ0v) is 14.3. The van der Waals surface area contributed by atoms with Gasteiger partial charge in [0.05, 0.1) is 17.9 Å². The van der Waals surface area contributed by atoms with E-state index in [2.05, 4.69) is 20.3 Å². The maximum absolute atomic E-state index is 12.2. The summed E-state index contributed by atoms with van der Waals surface area (Å²) < 4.78 is 1.94. The molecule has 2 aromatic rings. The average molecular weight is 328 g/mol. The van der Waals surface area contributed by atoms with Crippen LogP contribution in [0.5, 0.6) is 0 Å². The second-order valence-corrected chi connectivity index (χ2v) is 6.33. The standard InChI is InChI=1S/C17H24N6O/c1-21(2)8-7-19-17(24)16-11-15-13-22(9-10-23(15)20-16)12-14-5-3-4-6-18-14/h3-6,11H,7-10,12-13H2,1-2H3,(H,19,24). The Balaban J connectivity index is 1.59. The third-order valence-corrected chi connectivity index (χ3v) is 4.07. The predicted octanol–water partition coefficient (Wildman–Crippen LogP) is 0.585. The van der Waals surface area contributed by atoms with Crippen molar-refractivity contribution in [2.45, 2.75) is 19.6 Å². The van der Waals surface area contributed by atoms with Gasteiger partial charge < -0.3 is 10.2 Å². The van der Waals surface area contributed by atoms with Crippen LogP contribution in [-0.2, 0) is 19.6 Å².